The third kappa shape index (κ3) is 10.7. The zero-order valence-corrected chi connectivity index (χ0v) is 17.3. The summed E-state index contributed by atoms with van der Waals surface area (Å²) in [7, 11) is 1.68. The second-order valence-corrected chi connectivity index (χ2v) is 5.33. The minimum Gasteiger partial charge on any atom is -0.385 e. The standard InChI is InChI=1S/C12H17N3O3.C4H10.C3H8O/c1-4-13-11-7-6-10(8-12(11)15(17)18)14(5-2)9(3)16;2*1-3-4-2/h6-8,13H,4-5H2,1-3H3;3-4H2,1-2H3;3H2,1-2H3. The van der Waals surface area contributed by atoms with E-state index in [2.05, 4.69) is 23.9 Å². The summed E-state index contributed by atoms with van der Waals surface area (Å²) in [5, 5.41) is 13.9. The first kappa shape index (κ1) is 26.1. The molecule has 1 N–H and O–H groups in total. The molecule has 0 saturated heterocycles. The minimum absolute atomic E-state index is 0.0194. The molecule has 7 heteroatoms. The Bertz CT molecular complexity index is 514. The van der Waals surface area contributed by atoms with Gasteiger partial charge >= 0.3 is 0 Å². The van der Waals surface area contributed by atoms with E-state index in [1.54, 1.807) is 19.2 Å². The maximum Gasteiger partial charge on any atom is 0.294 e. The van der Waals surface area contributed by atoms with Crippen molar-refractivity contribution in [1.29, 1.82) is 0 Å². The van der Waals surface area contributed by atoms with E-state index in [4.69, 9.17) is 0 Å². The Labute approximate surface area is 157 Å². The van der Waals surface area contributed by atoms with Crippen LogP contribution in [0.25, 0.3) is 0 Å². The van der Waals surface area contributed by atoms with Crippen LogP contribution in [0.15, 0.2) is 18.2 Å². The van der Waals surface area contributed by atoms with Gasteiger partial charge in [-0.05, 0) is 32.9 Å². The quantitative estimate of drug-likeness (QED) is 0.548. The van der Waals surface area contributed by atoms with Crippen LogP contribution in [-0.2, 0) is 9.53 Å². The van der Waals surface area contributed by atoms with Crippen molar-refractivity contribution >= 4 is 23.0 Å². The lowest BCUT2D eigenvalue weighted by Gasteiger charge is -2.19. The van der Waals surface area contributed by atoms with Gasteiger partial charge < -0.3 is 15.0 Å². The molecule has 1 amide bonds. The molecular formula is C19H35N3O4. The smallest absolute Gasteiger partial charge is 0.294 e. The van der Waals surface area contributed by atoms with Crippen LogP contribution in [0, 0.1) is 10.1 Å². The highest BCUT2D eigenvalue weighted by Gasteiger charge is 2.17. The number of rotatable bonds is 7. The van der Waals surface area contributed by atoms with Crippen LogP contribution in [0.4, 0.5) is 17.1 Å². The monoisotopic (exact) mass is 369 g/mol. The van der Waals surface area contributed by atoms with Crippen LogP contribution < -0.4 is 10.2 Å². The van der Waals surface area contributed by atoms with E-state index < -0.39 is 4.92 Å². The van der Waals surface area contributed by atoms with Crippen LogP contribution in [0.3, 0.4) is 0 Å². The Hall–Kier alpha value is -2.15. The summed E-state index contributed by atoms with van der Waals surface area (Å²) in [4.78, 5) is 23.4. The lowest BCUT2D eigenvalue weighted by Crippen LogP contribution is -2.27. The molecule has 0 radical (unpaired) electrons. The van der Waals surface area contributed by atoms with Gasteiger partial charge in [-0.1, -0.05) is 26.7 Å². The number of anilines is 2. The molecule has 1 aromatic carbocycles. The second kappa shape index (κ2) is 16.3. The maximum absolute atomic E-state index is 11.4. The van der Waals surface area contributed by atoms with E-state index in [0.29, 0.717) is 24.5 Å². The average Bonchev–Trinajstić information content (AvgIpc) is 2.63. The van der Waals surface area contributed by atoms with E-state index in [9.17, 15) is 14.9 Å². The Morgan fingerprint density at radius 1 is 1.19 bits per heavy atom. The van der Waals surface area contributed by atoms with Crippen molar-refractivity contribution in [3.8, 4) is 0 Å². The van der Waals surface area contributed by atoms with E-state index >= 15 is 0 Å². The van der Waals surface area contributed by atoms with Crippen molar-refractivity contribution in [3.05, 3.63) is 28.3 Å². The number of hydrogen-bond acceptors (Lipinski definition) is 5. The average molecular weight is 370 g/mol. The summed E-state index contributed by atoms with van der Waals surface area (Å²) >= 11 is 0. The first-order valence-electron chi connectivity index (χ1n) is 9.13. The number of nitrogens with zero attached hydrogens (tertiary/aromatic N) is 2. The van der Waals surface area contributed by atoms with Gasteiger partial charge in [-0.2, -0.15) is 0 Å². The number of carbonyl (C=O) groups excluding carboxylic acids is 1. The highest BCUT2D eigenvalue weighted by molar-refractivity contribution is 5.92. The summed E-state index contributed by atoms with van der Waals surface area (Å²) in [6.07, 6.45) is 2.64. The van der Waals surface area contributed by atoms with Gasteiger partial charge in [0.25, 0.3) is 5.69 Å². The molecule has 0 fully saturated rings. The molecule has 0 unspecified atom stereocenters. The molecule has 1 rings (SSSR count). The topological polar surface area (TPSA) is 84.7 Å². The number of hydrogen-bond donors (Lipinski definition) is 1. The molecular weight excluding hydrogens is 334 g/mol. The molecule has 0 spiro atoms. The molecule has 0 aromatic heterocycles. The molecule has 1 aromatic rings. The first-order valence-corrected chi connectivity index (χ1v) is 9.13. The minimum atomic E-state index is -0.449. The van der Waals surface area contributed by atoms with Gasteiger partial charge in [0.1, 0.15) is 5.69 Å². The van der Waals surface area contributed by atoms with Crippen LogP contribution >= 0.6 is 0 Å². The third-order valence-electron chi connectivity index (χ3n) is 3.34. The SMILES string of the molecule is CCCC.CCNc1ccc(N(CC)C(C)=O)cc1[N+](=O)[O-].CCOC. The number of carbonyl (C=O) groups is 1. The largest absolute Gasteiger partial charge is 0.385 e. The molecule has 0 aliphatic heterocycles. The van der Waals surface area contributed by atoms with Crippen molar-refractivity contribution < 1.29 is 14.5 Å². The lowest BCUT2D eigenvalue weighted by atomic mass is 10.2. The van der Waals surface area contributed by atoms with Gasteiger partial charge in [0.15, 0.2) is 0 Å². The molecule has 0 saturated carbocycles. The van der Waals surface area contributed by atoms with Gasteiger partial charge in [0.2, 0.25) is 5.91 Å². The maximum atomic E-state index is 11.4. The number of unbranched alkanes of at least 4 members (excludes halogenated alkanes) is 1. The number of nitro benzene ring substituents is 1. The van der Waals surface area contributed by atoms with Crippen molar-refractivity contribution in [2.45, 2.75) is 54.4 Å². The Morgan fingerprint density at radius 2 is 1.73 bits per heavy atom. The van der Waals surface area contributed by atoms with E-state index in [0.717, 1.165) is 6.61 Å². The summed E-state index contributed by atoms with van der Waals surface area (Å²) in [5.74, 6) is -0.136. The van der Waals surface area contributed by atoms with Crippen molar-refractivity contribution in [1.82, 2.24) is 0 Å². The second-order valence-electron chi connectivity index (χ2n) is 5.33. The number of nitrogens with one attached hydrogen (secondary N) is 1. The summed E-state index contributed by atoms with van der Waals surface area (Å²) in [6, 6.07) is 4.75. The number of benzene rings is 1. The lowest BCUT2D eigenvalue weighted by molar-refractivity contribution is -0.383. The molecule has 0 heterocycles. The highest BCUT2D eigenvalue weighted by atomic mass is 16.6. The van der Waals surface area contributed by atoms with E-state index in [1.807, 2.05) is 20.8 Å². The Morgan fingerprint density at radius 3 is 2.04 bits per heavy atom. The predicted octanol–water partition coefficient (Wildman–Crippen LogP) is 4.86. The molecule has 0 atom stereocenters. The Kier molecular flexibility index (Phi) is 16.4. The summed E-state index contributed by atoms with van der Waals surface area (Å²) in [5.41, 5.74) is 0.984. The fourth-order valence-electron chi connectivity index (χ4n) is 1.77. The van der Waals surface area contributed by atoms with Crippen molar-refractivity contribution in [2.75, 3.05) is 37.0 Å². The fourth-order valence-corrected chi connectivity index (χ4v) is 1.77. The summed E-state index contributed by atoms with van der Waals surface area (Å²) < 4.78 is 4.54. The van der Waals surface area contributed by atoms with Gasteiger partial charge in [-0.3, -0.25) is 14.9 Å². The van der Waals surface area contributed by atoms with Crippen molar-refractivity contribution in [3.63, 3.8) is 0 Å². The van der Waals surface area contributed by atoms with E-state index in [-0.39, 0.29) is 11.6 Å². The highest BCUT2D eigenvalue weighted by Crippen LogP contribution is 2.29. The first-order chi connectivity index (χ1) is 12.3. The van der Waals surface area contributed by atoms with Crippen molar-refractivity contribution in [2.24, 2.45) is 0 Å². The molecule has 0 aliphatic carbocycles. The normalized spacial score (nSPS) is 9.19. The Balaban J connectivity index is 0. The third-order valence-corrected chi connectivity index (χ3v) is 3.34. The zero-order valence-electron chi connectivity index (χ0n) is 17.3. The van der Waals surface area contributed by atoms with Crippen LogP contribution in [0.5, 0.6) is 0 Å². The predicted molar refractivity (Wildman–Crippen MR) is 109 cm³/mol. The zero-order chi connectivity index (χ0) is 20.5. The van der Waals surface area contributed by atoms with E-state index in [1.165, 1.54) is 30.7 Å². The number of amides is 1. The summed E-state index contributed by atoms with van der Waals surface area (Å²) in [6.45, 7) is 13.3. The van der Waals surface area contributed by atoms with Crippen LogP contribution in [-0.4, -0.2) is 37.6 Å². The fraction of sp³-hybridized carbons (Fsp3) is 0.632. The number of nitro groups is 1. The molecule has 26 heavy (non-hydrogen) atoms. The number of methoxy groups -OCH3 is 1. The number of ether oxygens (including phenoxy) is 1. The molecule has 7 nitrogen and oxygen atoms in total. The van der Waals surface area contributed by atoms with Gasteiger partial charge in [-0.15, -0.1) is 0 Å². The van der Waals surface area contributed by atoms with Gasteiger partial charge in [0, 0.05) is 39.8 Å². The van der Waals surface area contributed by atoms with Gasteiger partial charge in [-0.25, -0.2) is 0 Å². The van der Waals surface area contributed by atoms with Crippen LogP contribution in [0.1, 0.15) is 54.4 Å². The molecule has 150 valence electrons. The van der Waals surface area contributed by atoms with Gasteiger partial charge in [0.05, 0.1) is 10.6 Å². The van der Waals surface area contributed by atoms with Crippen LogP contribution in [0.2, 0.25) is 0 Å². The molecule has 0 aliphatic rings. The molecule has 0 bridgehead atoms.